The van der Waals surface area contributed by atoms with Crippen LogP contribution in [0.1, 0.15) is 18.9 Å². The van der Waals surface area contributed by atoms with Crippen molar-refractivity contribution in [1.29, 1.82) is 0 Å². The molecule has 0 unspecified atom stereocenters. The van der Waals surface area contributed by atoms with E-state index in [2.05, 4.69) is 22.8 Å². The van der Waals surface area contributed by atoms with Gasteiger partial charge in [-0.25, -0.2) is 0 Å². The summed E-state index contributed by atoms with van der Waals surface area (Å²) in [5.74, 6) is 2.68. The van der Waals surface area contributed by atoms with Crippen molar-refractivity contribution in [3.63, 3.8) is 0 Å². The van der Waals surface area contributed by atoms with Gasteiger partial charge in [0.25, 0.3) is 0 Å². The summed E-state index contributed by atoms with van der Waals surface area (Å²) >= 11 is 1.53. The number of carboxylic acids is 1. The van der Waals surface area contributed by atoms with Crippen molar-refractivity contribution >= 4 is 40.1 Å². The molecule has 160 valence electrons. The third-order valence-electron chi connectivity index (χ3n) is 5.12. The smallest absolute Gasteiger partial charge is 0.305 e. The SMILES string of the molecule is C#CCN(c1ccc(NSc2ccc(OC)c(C)c2)c2ccccc12)[C@@H](C)CC(=O)O. The number of aliphatic carboxylic acids is 1. The number of aryl methyl sites for hydroxylation is 1. The van der Waals surface area contributed by atoms with Crippen molar-refractivity contribution < 1.29 is 14.6 Å². The van der Waals surface area contributed by atoms with Crippen molar-refractivity contribution in [2.45, 2.75) is 31.2 Å². The Morgan fingerprint density at radius 2 is 1.97 bits per heavy atom. The van der Waals surface area contributed by atoms with Crippen molar-refractivity contribution in [3.05, 3.63) is 60.2 Å². The van der Waals surface area contributed by atoms with Crippen LogP contribution in [-0.4, -0.2) is 30.8 Å². The Bertz CT molecular complexity index is 1120. The molecule has 3 rings (SSSR count). The minimum absolute atomic E-state index is 0.0165. The van der Waals surface area contributed by atoms with Gasteiger partial charge in [0.2, 0.25) is 0 Å². The van der Waals surface area contributed by atoms with Crippen LogP contribution >= 0.6 is 11.9 Å². The zero-order chi connectivity index (χ0) is 22.4. The van der Waals surface area contributed by atoms with Crippen molar-refractivity contribution in [3.8, 4) is 18.1 Å². The Morgan fingerprint density at radius 1 is 1.23 bits per heavy atom. The molecule has 0 radical (unpaired) electrons. The molecule has 31 heavy (non-hydrogen) atoms. The number of hydrogen-bond acceptors (Lipinski definition) is 5. The van der Waals surface area contributed by atoms with E-state index in [1.165, 1.54) is 11.9 Å². The number of methoxy groups -OCH3 is 1. The fourth-order valence-electron chi connectivity index (χ4n) is 3.59. The minimum atomic E-state index is -0.844. The Hall–Kier alpha value is -3.30. The molecule has 0 aromatic heterocycles. The van der Waals surface area contributed by atoms with Crippen LogP contribution in [0.2, 0.25) is 0 Å². The molecular weight excluding hydrogens is 408 g/mol. The highest BCUT2D eigenvalue weighted by Crippen LogP contribution is 2.36. The molecule has 6 heteroatoms. The van der Waals surface area contributed by atoms with Gasteiger partial charge in [0.15, 0.2) is 0 Å². The van der Waals surface area contributed by atoms with Gasteiger partial charge < -0.3 is 19.5 Å². The summed E-state index contributed by atoms with van der Waals surface area (Å²) in [6, 6.07) is 17.9. The molecule has 0 heterocycles. The van der Waals surface area contributed by atoms with Crippen LogP contribution in [0.4, 0.5) is 11.4 Å². The predicted octanol–water partition coefficient (Wildman–Crippen LogP) is 5.58. The summed E-state index contributed by atoms with van der Waals surface area (Å²) in [7, 11) is 1.67. The number of nitrogens with zero attached hydrogens (tertiary/aromatic N) is 1. The normalized spacial score (nSPS) is 11.5. The summed E-state index contributed by atoms with van der Waals surface area (Å²) in [5, 5.41) is 11.3. The number of carbonyl (C=O) groups is 1. The lowest BCUT2D eigenvalue weighted by Crippen LogP contribution is -2.35. The van der Waals surface area contributed by atoms with Crippen LogP contribution in [-0.2, 0) is 4.79 Å². The van der Waals surface area contributed by atoms with E-state index in [0.717, 1.165) is 38.4 Å². The fraction of sp³-hybridized carbons (Fsp3) is 0.240. The molecular formula is C25H26N2O3S. The maximum absolute atomic E-state index is 11.3. The highest BCUT2D eigenvalue weighted by molar-refractivity contribution is 8.00. The van der Waals surface area contributed by atoms with E-state index in [1.54, 1.807) is 7.11 Å². The molecule has 0 saturated carbocycles. The minimum Gasteiger partial charge on any atom is -0.496 e. The number of carboxylic acid groups (broad SMARTS) is 1. The van der Waals surface area contributed by atoms with Gasteiger partial charge in [-0.15, -0.1) is 6.42 Å². The van der Waals surface area contributed by atoms with Gasteiger partial charge in [-0.2, -0.15) is 0 Å². The Labute approximate surface area is 187 Å². The Balaban J connectivity index is 1.92. The maximum Gasteiger partial charge on any atom is 0.305 e. The lowest BCUT2D eigenvalue weighted by Gasteiger charge is -2.30. The summed E-state index contributed by atoms with van der Waals surface area (Å²) in [6.45, 7) is 4.24. The van der Waals surface area contributed by atoms with E-state index < -0.39 is 5.97 Å². The monoisotopic (exact) mass is 434 g/mol. The standard InChI is InChI=1S/C25H26N2O3S/c1-5-14-27(18(3)16-25(28)29)23-12-11-22(20-8-6-7-9-21(20)23)26-31-19-10-13-24(30-4)17(2)15-19/h1,6-13,15,18,26H,14,16H2,2-4H3,(H,28,29)/t18-/m0/s1. The van der Waals surface area contributed by atoms with Crippen LogP contribution in [0.15, 0.2) is 59.5 Å². The fourth-order valence-corrected chi connectivity index (χ4v) is 4.37. The molecule has 0 aliphatic carbocycles. The molecule has 0 aliphatic rings. The number of terminal acetylenes is 1. The zero-order valence-electron chi connectivity index (χ0n) is 17.9. The van der Waals surface area contributed by atoms with Crippen molar-refractivity contribution in [2.24, 2.45) is 0 Å². The molecule has 0 amide bonds. The zero-order valence-corrected chi connectivity index (χ0v) is 18.7. The number of benzene rings is 3. The molecule has 2 N–H and O–H groups in total. The Morgan fingerprint density at radius 3 is 2.61 bits per heavy atom. The van der Waals surface area contributed by atoms with E-state index in [9.17, 15) is 9.90 Å². The maximum atomic E-state index is 11.3. The number of hydrogen-bond donors (Lipinski definition) is 2. The predicted molar refractivity (Wildman–Crippen MR) is 129 cm³/mol. The number of ether oxygens (including phenoxy) is 1. The van der Waals surface area contributed by atoms with Gasteiger partial charge in [-0.1, -0.05) is 30.2 Å². The highest BCUT2D eigenvalue weighted by Gasteiger charge is 2.19. The van der Waals surface area contributed by atoms with Gasteiger partial charge in [-0.3, -0.25) is 4.79 Å². The molecule has 0 bridgehead atoms. The largest absolute Gasteiger partial charge is 0.496 e. The van der Waals surface area contributed by atoms with E-state index >= 15 is 0 Å². The van der Waals surface area contributed by atoms with E-state index in [4.69, 9.17) is 11.2 Å². The van der Waals surface area contributed by atoms with Crippen molar-refractivity contribution in [2.75, 3.05) is 23.3 Å². The van der Waals surface area contributed by atoms with Crippen LogP contribution in [0.5, 0.6) is 5.75 Å². The summed E-state index contributed by atoms with van der Waals surface area (Å²) in [6.07, 6.45) is 5.61. The molecule has 0 saturated heterocycles. The quantitative estimate of drug-likeness (QED) is 0.339. The van der Waals surface area contributed by atoms with Gasteiger partial charge in [0, 0.05) is 27.4 Å². The van der Waals surface area contributed by atoms with Crippen LogP contribution in [0.3, 0.4) is 0 Å². The first-order valence-electron chi connectivity index (χ1n) is 9.95. The third kappa shape index (κ3) is 5.25. The van der Waals surface area contributed by atoms with Crippen LogP contribution in [0.25, 0.3) is 10.8 Å². The second kappa shape index (κ2) is 10.1. The first-order chi connectivity index (χ1) is 14.9. The van der Waals surface area contributed by atoms with Gasteiger partial charge in [-0.05, 0) is 61.7 Å². The van der Waals surface area contributed by atoms with Gasteiger partial charge >= 0.3 is 5.97 Å². The summed E-state index contributed by atoms with van der Waals surface area (Å²) in [4.78, 5) is 14.3. The highest BCUT2D eigenvalue weighted by atomic mass is 32.2. The molecule has 0 fully saturated rings. The number of anilines is 2. The van der Waals surface area contributed by atoms with Crippen LogP contribution < -0.4 is 14.4 Å². The molecule has 3 aromatic carbocycles. The number of nitrogens with one attached hydrogen (secondary N) is 1. The summed E-state index contributed by atoms with van der Waals surface area (Å²) < 4.78 is 8.79. The second-order valence-electron chi connectivity index (χ2n) is 7.29. The summed E-state index contributed by atoms with van der Waals surface area (Å²) in [5.41, 5.74) is 2.98. The number of rotatable bonds is 9. The van der Waals surface area contributed by atoms with Gasteiger partial charge in [0.05, 0.1) is 25.8 Å². The molecule has 5 nitrogen and oxygen atoms in total. The first-order valence-corrected chi connectivity index (χ1v) is 10.8. The molecule has 3 aromatic rings. The lowest BCUT2D eigenvalue weighted by atomic mass is 10.0. The first kappa shape index (κ1) is 22.4. The van der Waals surface area contributed by atoms with Gasteiger partial charge in [0.1, 0.15) is 5.75 Å². The third-order valence-corrected chi connectivity index (χ3v) is 5.93. The van der Waals surface area contributed by atoms with E-state index in [-0.39, 0.29) is 12.5 Å². The lowest BCUT2D eigenvalue weighted by molar-refractivity contribution is -0.137. The number of fused-ring (bicyclic) bond motifs is 1. The average molecular weight is 435 g/mol. The van der Waals surface area contributed by atoms with E-state index in [1.807, 2.05) is 61.2 Å². The topological polar surface area (TPSA) is 61.8 Å². The second-order valence-corrected chi connectivity index (χ2v) is 8.17. The van der Waals surface area contributed by atoms with Crippen LogP contribution in [0, 0.1) is 19.3 Å². The molecule has 0 aliphatic heterocycles. The molecule has 0 spiro atoms. The van der Waals surface area contributed by atoms with Crippen molar-refractivity contribution in [1.82, 2.24) is 0 Å². The van der Waals surface area contributed by atoms with E-state index in [0.29, 0.717) is 6.54 Å². The average Bonchev–Trinajstić information content (AvgIpc) is 2.75. The molecule has 1 atom stereocenters. The Kier molecular flexibility index (Phi) is 7.32.